The second-order valence-corrected chi connectivity index (χ2v) is 5.11. The van der Waals surface area contributed by atoms with E-state index in [2.05, 4.69) is 19.9 Å². The Kier molecular flexibility index (Phi) is 2.78. The highest BCUT2D eigenvalue weighted by Gasteiger charge is 2.39. The van der Waals surface area contributed by atoms with Gasteiger partial charge in [-0.2, -0.15) is 0 Å². The number of benzene rings is 1. The maximum atomic E-state index is 6.32. The van der Waals surface area contributed by atoms with Gasteiger partial charge in [0.25, 0.3) is 0 Å². The molecule has 0 heterocycles. The van der Waals surface area contributed by atoms with Crippen LogP contribution in [0.3, 0.4) is 0 Å². The smallest absolute Gasteiger partial charge is 0.0446 e. The fourth-order valence-corrected chi connectivity index (χ4v) is 3.00. The molecule has 0 radical (unpaired) electrons. The van der Waals surface area contributed by atoms with Crippen LogP contribution in [0.2, 0.25) is 5.02 Å². The average molecular weight is 224 g/mol. The van der Waals surface area contributed by atoms with Crippen molar-refractivity contribution in [2.75, 3.05) is 6.54 Å². The quantitative estimate of drug-likeness (QED) is 0.818. The van der Waals surface area contributed by atoms with Gasteiger partial charge in [-0.15, -0.1) is 0 Å². The summed E-state index contributed by atoms with van der Waals surface area (Å²) in [4.78, 5) is 0. The summed E-state index contributed by atoms with van der Waals surface area (Å²) in [5, 5.41) is 0.892. The predicted octanol–water partition coefficient (Wildman–Crippen LogP) is 3.34. The maximum Gasteiger partial charge on any atom is 0.0446 e. The van der Waals surface area contributed by atoms with E-state index in [1.807, 2.05) is 6.07 Å². The summed E-state index contributed by atoms with van der Waals surface area (Å²) in [6.45, 7) is 5.02. The van der Waals surface area contributed by atoms with Gasteiger partial charge >= 0.3 is 0 Å². The predicted molar refractivity (Wildman–Crippen MR) is 65.5 cm³/mol. The zero-order valence-electron chi connectivity index (χ0n) is 9.44. The van der Waals surface area contributed by atoms with Gasteiger partial charge in [0.05, 0.1) is 0 Å². The highest BCUT2D eigenvalue weighted by molar-refractivity contribution is 6.31. The summed E-state index contributed by atoms with van der Waals surface area (Å²) in [5.41, 5.74) is 10.0. The van der Waals surface area contributed by atoms with Crippen molar-refractivity contribution in [1.82, 2.24) is 0 Å². The molecule has 1 aromatic rings. The number of nitrogens with two attached hydrogens (primary N) is 1. The molecule has 1 nitrogen and oxygen atoms in total. The molecule has 0 bridgehead atoms. The molecule has 0 atom stereocenters. The monoisotopic (exact) mass is 223 g/mol. The van der Waals surface area contributed by atoms with E-state index in [9.17, 15) is 0 Å². The molecule has 2 heteroatoms. The van der Waals surface area contributed by atoms with E-state index in [0.717, 1.165) is 11.6 Å². The topological polar surface area (TPSA) is 26.0 Å². The van der Waals surface area contributed by atoms with Gasteiger partial charge in [-0.1, -0.05) is 24.1 Å². The Morgan fingerprint density at radius 3 is 2.47 bits per heavy atom. The van der Waals surface area contributed by atoms with Gasteiger partial charge < -0.3 is 5.73 Å². The fourth-order valence-electron chi connectivity index (χ4n) is 2.59. The maximum absolute atomic E-state index is 6.32. The first-order valence-corrected chi connectivity index (χ1v) is 5.95. The third kappa shape index (κ3) is 1.58. The Bertz CT molecular complexity index is 375. The van der Waals surface area contributed by atoms with Crippen LogP contribution in [0.4, 0.5) is 0 Å². The Labute approximate surface area is 96.6 Å². The molecule has 2 N–H and O–H groups in total. The Morgan fingerprint density at radius 2 is 2.00 bits per heavy atom. The largest absolute Gasteiger partial charge is 0.330 e. The molecule has 1 fully saturated rings. The molecule has 0 aromatic heterocycles. The summed E-state index contributed by atoms with van der Waals surface area (Å²) < 4.78 is 0. The van der Waals surface area contributed by atoms with E-state index >= 15 is 0 Å². The lowest BCUT2D eigenvalue weighted by atomic mass is 9.63. The van der Waals surface area contributed by atoms with Gasteiger partial charge in [-0.05, 0) is 49.4 Å². The number of rotatable bonds is 2. The molecule has 15 heavy (non-hydrogen) atoms. The molecule has 82 valence electrons. The van der Waals surface area contributed by atoms with Crippen LogP contribution in [0.1, 0.15) is 36.0 Å². The highest BCUT2D eigenvalue weighted by atomic mass is 35.5. The van der Waals surface area contributed by atoms with Crippen molar-refractivity contribution < 1.29 is 0 Å². The molecule has 0 unspecified atom stereocenters. The van der Waals surface area contributed by atoms with E-state index in [4.69, 9.17) is 17.3 Å². The van der Waals surface area contributed by atoms with E-state index in [-0.39, 0.29) is 5.41 Å². The SMILES string of the molecule is Cc1ccc(Cl)c(C2(CN)CCC2)c1C. The molecule has 2 rings (SSSR count). The first kappa shape index (κ1) is 11.0. The minimum Gasteiger partial charge on any atom is -0.330 e. The Balaban J connectivity index is 2.55. The molecule has 0 aliphatic heterocycles. The molecular weight excluding hydrogens is 206 g/mol. The second-order valence-electron chi connectivity index (χ2n) is 4.70. The van der Waals surface area contributed by atoms with Crippen LogP contribution >= 0.6 is 11.6 Å². The number of hydrogen-bond donors (Lipinski definition) is 1. The van der Waals surface area contributed by atoms with Crippen LogP contribution in [-0.4, -0.2) is 6.54 Å². The van der Waals surface area contributed by atoms with Crippen LogP contribution in [0.25, 0.3) is 0 Å². The van der Waals surface area contributed by atoms with Crippen molar-refractivity contribution in [3.8, 4) is 0 Å². The summed E-state index contributed by atoms with van der Waals surface area (Å²) in [6, 6.07) is 4.10. The minimum absolute atomic E-state index is 0.174. The third-order valence-electron chi connectivity index (χ3n) is 3.92. The van der Waals surface area contributed by atoms with Gasteiger partial charge in [-0.3, -0.25) is 0 Å². The van der Waals surface area contributed by atoms with Gasteiger partial charge in [0.2, 0.25) is 0 Å². The van der Waals surface area contributed by atoms with Gasteiger partial charge in [0.1, 0.15) is 0 Å². The number of hydrogen-bond acceptors (Lipinski definition) is 1. The molecule has 1 saturated carbocycles. The van der Waals surface area contributed by atoms with Crippen LogP contribution in [0, 0.1) is 13.8 Å². The first-order valence-electron chi connectivity index (χ1n) is 5.57. The van der Waals surface area contributed by atoms with Gasteiger partial charge in [-0.25, -0.2) is 0 Å². The Hall–Kier alpha value is -0.530. The van der Waals surface area contributed by atoms with Crippen molar-refractivity contribution in [3.63, 3.8) is 0 Å². The summed E-state index contributed by atoms with van der Waals surface area (Å²) >= 11 is 6.32. The molecule has 1 aliphatic rings. The zero-order valence-corrected chi connectivity index (χ0v) is 10.2. The molecule has 0 amide bonds. The lowest BCUT2D eigenvalue weighted by molar-refractivity contribution is 0.252. The van der Waals surface area contributed by atoms with E-state index in [1.165, 1.54) is 36.0 Å². The van der Waals surface area contributed by atoms with Crippen LogP contribution < -0.4 is 5.73 Å². The lowest BCUT2D eigenvalue weighted by Crippen LogP contribution is -2.42. The van der Waals surface area contributed by atoms with Crippen LogP contribution in [-0.2, 0) is 5.41 Å². The number of halogens is 1. The van der Waals surface area contributed by atoms with Gasteiger partial charge in [0, 0.05) is 17.0 Å². The van der Waals surface area contributed by atoms with Crippen molar-refractivity contribution in [2.45, 2.75) is 38.5 Å². The molecular formula is C13H18ClN. The molecule has 1 aromatic carbocycles. The van der Waals surface area contributed by atoms with Crippen molar-refractivity contribution in [1.29, 1.82) is 0 Å². The van der Waals surface area contributed by atoms with Crippen molar-refractivity contribution in [2.24, 2.45) is 5.73 Å². The van der Waals surface area contributed by atoms with Crippen molar-refractivity contribution >= 4 is 11.6 Å². The summed E-state index contributed by atoms with van der Waals surface area (Å²) in [7, 11) is 0. The lowest BCUT2D eigenvalue weighted by Gasteiger charge is -2.43. The molecule has 0 saturated heterocycles. The zero-order chi connectivity index (χ0) is 11.1. The van der Waals surface area contributed by atoms with Crippen LogP contribution in [0.5, 0.6) is 0 Å². The van der Waals surface area contributed by atoms with E-state index in [1.54, 1.807) is 0 Å². The summed E-state index contributed by atoms with van der Waals surface area (Å²) in [6.07, 6.45) is 3.65. The highest BCUT2D eigenvalue weighted by Crippen LogP contribution is 2.47. The second kappa shape index (κ2) is 3.80. The summed E-state index contributed by atoms with van der Waals surface area (Å²) in [5.74, 6) is 0. The first-order chi connectivity index (χ1) is 7.10. The average Bonchev–Trinajstić information content (AvgIpc) is 2.16. The standard InChI is InChI=1S/C13H18ClN/c1-9-4-5-11(14)12(10(9)2)13(8-15)6-3-7-13/h4-5H,3,6-8,15H2,1-2H3. The van der Waals surface area contributed by atoms with E-state index in [0.29, 0.717) is 0 Å². The molecule has 0 spiro atoms. The Morgan fingerprint density at radius 1 is 1.33 bits per heavy atom. The fraction of sp³-hybridized carbons (Fsp3) is 0.538. The van der Waals surface area contributed by atoms with Crippen molar-refractivity contribution in [3.05, 3.63) is 33.8 Å². The van der Waals surface area contributed by atoms with Gasteiger partial charge in [0.15, 0.2) is 0 Å². The number of aryl methyl sites for hydroxylation is 1. The van der Waals surface area contributed by atoms with Crippen LogP contribution in [0.15, 0.2) is 12.1 Å². The van der Waals surface area contributed by atoms with E-state index < -0.39 is 0 Å². The third-order valence-corrected chi connectivity index (χ3v) is 4.23. The normalized spacial score (nSPS) is 18.7. The molecule has 1 aliphatic carbocycles. The minimum atomic E-state index is 0.174.